The van der Waals surface area contributed by atoms with Crippen molar-refractivity contribution in [2.45, 2.75) is 26.7 Å². The predicted octanol–water partition coefficient (Wildman–Crippen LogP) is 2.19. The van der Waals surface area contributed by atoms with Crippen LogP contribution in [0.2, 0.25) is 0 Å². The summed E-state index contributed by atoms with van der Waals surface area (Å²) in [5, 5.41) is 6.86. The van der Waals surface area contributed by atoms with Crippen LogP contribution < -0.4 is 10.6 Å². The fourth-order valence-electron chi connectivity index (χ4n) is 2.15. The Labute approximate surface area is 97.7 Å². The summed E-state index contributed by atoms with van der Waals surface area (Å²) in [4.78, 5) is 4.46. The average Bonchev–Trinajstić information content (AvgIpc) is 2.28. The molecule has 0 saturated carbocycles. The van der Waals surface area contributed by atoms with Gasteiger partial charge in [0.2, 0.25) is 0 Å². The maximum absolute atomic E-state index is 4.46. The molecule has 0 amide bonds. The zero-order valence-electron chi connectivity index (χ0n) is 10.2. The molecule has 1 aliphatic heterocycles. The number of nitrogens with one attached hydrogen (secondary N) is 2. The van der Waals surface area contributed by atoms with Gasteiger partial charge < -0.3 is 10.6 Å². The molecule has 0 spiro atoms. The van der Waals surface area contributed by atoms with Crippen molar-refractivity contribution in [3.8, 4) is 0 Å². The first-order chi connectivity index (χ1) is 7.68. The molecule has 0 unspecified atom stereocenters. The van der Waals surface area contributed by atoms with Crippen LogP contribution in [-0.4, -0.2) is 24.6 Å². The lowest BCUT2D eigenvalue weighted by atomic mass is 9.81. The van der Waals surface area contributed by atoms with E-state index in [4.69, 9.17) is 0 Å². The third kappa shape index (κ3) is 2.95. The normalized spacial score (nSPS) is 19.4. The minimum Gasteiger partial charge on any atom is -0.370 e. The Bertz CT molecular complexity index is 343. The van der Waals surface area contributed by atoms with Crippen LogP contribution >= 0.6 is 0 Å². The molecule has 2 heterocycles. The molecule has 1 aliphatic rings. The number of hydrogen-bond acceptors (Lipinski definition) is 3. The summed E-state index contributed by atoms with van der Waals surface area (Å²) < 4.78 is 0. The van der Waals surface area contributed by atoms with Crippen LogP contribution in [0, 0.1) is 12.3 Å². The Morgan fingerprint density at radius 1 is 1.38 bits per heavy atom. The first-order valence-electron chi connectivity index (χ1n) is 6.06. The SMILES string of the molecule is Cc1cccc(NCC2(C)CCNCC2)n1. The molecule has 16 heavy (non-hydrogen) atoms. The molecule has 88 valence electrons. The summed E-state index contributed by atoms with van der Waals surface area (Å²) in [6.07, 6.45) is 2.48. The van der Waals surface area contributed by atoms with E-state index in [1.807, 2.05) is 19.1 Å². The highest BCUT2D eigenvalue weighted by atomic mass is 15.0. The average molecular weight is 219 g/mol. The second kappa shape index (κ2) is 4.83. The zero-order valence-corrected chi connectivity index (χ0v) is 10.2. The first kappa shape index (κ1) is 11.4. The van der Waals surface area contributed by atoms with E-state index in [9.17, 15) is 0 Å². The number of aryl methyl sites for hydroxylation is 1. The van der Waals surface area contributed by atoms with Gasteiger partial charge in [0.05, 0.1) is 0 Å². The predicted molar refractivity (Wildman–Crippen MR) is 67.7 cm³/mol. The van der Waals surface area contributed by atoms with Crippen LogP contribution in [0.5, 0.6) is 0 Å². The molecule has 2 rings (SSSR count). The van der Waals surface area contributed by atoms with E-state index >= 15 is 0 Å². The Hall–Kier alpha value is -1.09. The maximum atomic E-state index is 4.46. The van der Waals surface area contributed by atoms with Crippen LogP contribution in [0.1, 0.15) is 25.5 Å². The molecular weight excluding hydrogens is 198 g/mol. The second-order valence-corrected chi connectivity index (χ2v) is 5.08. The Balaban J connectivity index is 1.91. The van der Waals surface area contributed by atoms with Crippen LogP contribution in [0.15, 0.2) is 18.2 Å². The summed E-state index contributed by atoms with van der Waals surface area (Å²) in [6.45, 7) is 7.68. The van der Waals surface area contributed by atoms with Gasteiger partial charge in [0.15, 0.2) is 0 Å². The monoisotopic (exact) mass is 219 g/mol. The third-order valence-corrected chi connectivity index (χ3v) is 3.40. The lowest BCUT2D eigenvalue weighted by molar-refractivity contribution is 0.247. The molecule has 3 heteroatoms. The van der Waals surface area contributed by atoms with Gasteiger partial charge in [0.1, 0.15) is 5.82 Å². The fraction of sp³-hybridized carbons (Fsp3) is 0.615. The molecule has 1 aromatic heterocycles. The van der Waals surface area contributed by atoms with Crippen LogP contribution in [0.4, 0.5) is 5.82 Å². The molecule has 0 aromatic carbocycles. The largest absolute Gasteiger partial charge is 0.370 e. The summed E-state index contributed by atoms with van der Waals surface area (Å²) in [6, 6.07) is 6.12. The highest BCUT2D eigenvalue weighted by Gasteiger charge is 2.26. The van der Waals surface area contributed by atoms with E-state index in [0.29, 0.717) is 5.41 Å². The summed E-state index contributed by atoms with van der Waals surface area (Å²) in [5.41, 5.74) is 1.48. The quantitative estimate of drug-likeness (QED) is 0.818. The van der Waals surface area contributed by atoms with Gasteiger partial charge >= 0.3 is 0 Å². The van der Waals surface area contributed by atoms with E-state index in [-0.39, 0.29) is 0 Å². The molecule has 2 N–H and O–H groups in total. The van der Waals surface area contributed by atoms with Gasteiger partial charge in [-0.1, -0.05) is 13.0 Å². The summed E-state index contributed by atoms with van der Waals surface area (Å²) in [7, 11) is 0. The molecule has 0 aliphatic carbocycles. The topological polar surface area (TPSA) is 37.0 Å². The van der Waals surface area contributed by atoms with Crippen molar-refractivity contribution in [1.29, 1.82) is 0 Å². The van der Waals surface area contributed by atoms with Crippen LogP contribution in [0.3, 0.4) is 0 Å². The molecule has 1 aromatic rings. The second-order valence-electron chi connectivity index (χ2n) is 5.08. The van der Waals surface area contributed by atoms with E-state index < -0.39 is 0 Å². The maximum Gasteiger partial charge on any atom is 0.126 e. The minimum atomic E-state index is 0.413. The van der Waals surface area contributed by atoms with Gasteiger partial charge in [0, 0.05) is 12.2 Å². The Morgan fingerprint density at radius 3 is 2.81 bits per heavy atom. The van der Waals surface area contributed by atoms with Crippen LogP contribution in [0.25, 0.3) is 0 Å². The van der Waals surface area contributed by atoms with Crippen LogP contribution in [-0.2, 0) is 0 Å². The number of nitrogens with zero attached hydrogens (tertiary/aromatic N) is 1. The third-order valence-electron chi connectivity index (χ3n) is 3.40. The smallest absolute Gasteiger partial charge is 0.126 e. The van der Waals surface area contributed by atoms with E-state index in [2.05, 4.69) is 28.6 Å². The lowest BCUT2D eigenvalue weighted by Crippen LogP contribution is -2.39. The number of hydrogen-bond donors (Lipinski definition) is 2. The van der Waals surface area contributed by atoms with Crippen molar-refractivity contribution in [2.24, 2.45) is 5.41 Å². The number of rotatable bonds is 3. The number of piperidine rings is 1. The molecule has 3 nitrogen and oxygen atoms in total. The highest BCUT2D eigenvalue weighted by molar-refractivity contribution is 5.35. The Morgan fingerprint density at radius 2 is 2.12 bits per heavy atom. The molecular formula is C13H21N3. The van der Waals surface area contributed by atoms with Gasteiger partial charge in [-0.3, -0.25) is 0 Å². The standard InChI is InChI=1S/C13H21N3/c1-11-4-3-5-12(16-11)15-10-13(2)6-8-14-9-7-13/h3-5,14H,6-10H2,1-2H3,(H,15,16). The number of aromatic nitrogens is 1. The Kier molecular flexibility index (Phi) is 3.44. The van der Waals surface area contributed by atoms with Crippen molar-refractivity contribution in [3.05, 3.63) is 23.9 Å². The van der Waals surface area contributed by atoms with Crippen molar-refractivity contribution in [3.63, 3.8) is 0 Å². The molecule has 1 fully saturated rings. The van der Waals surface area contributed by atoms with Gasteiger partial charge in [0.25, 0.3) is 0 Å². The van der Waals surface area contributed by atoms with Crippen molar-refractivity contribution >= 4 is 5.82 Å². The zero-order chi connectivity index (χ0) is 11.4. The fourth-order valence-corrected chi connectivity index (χ4v) is 2.15. The lowest BCUT2D eigenvalue weighted by Gasteiger charge is -2.34. The van der Waals surface area contributed by atoms with Gasteiger partial charge in [-0.15, -0.1) is 0 Å². The number of anilines is 1. The van der Waals surface area contributed by atoms with E-state index in [1.165, 1.54) is 12.8 Å². The van der Waals surface area contributed by atoms with Gasteiger partial charge in [-0.25, -0.2) is 4.98 Å². The van der Waals surface area contributed by atoms with Gasteiger partial charge in [-0.2, -0.15) is 0 Å². The summed E-state index contributed by atoms with van der Waals surface area (Å²) in [5.74, 6) is 1.000. The van der Waals surface area contributed by atoms with E-state index in [0.717, 1.165) is 31.1 Å². The minimum absolute atomic E-state index is 0.413. The van der Waals surface area contributed by atoms with Crippen molar-refractivity contribution in [2.75, 3.05) is 25.0 Å². The summed E-state index contributed by atoms with van der Waals surface area (Å²) >= 11 is 0. The van der Waals surface area contributed by atoms with Crippen molar-refractivity contribution < 1.29 is 0 Å². The molecule has 0 atom stereocenters. The first-order valence-corrected chi connectivity index (χ1v) is 6.06. The van der Waals surface area contributed by atoms with E-state index in [1.54, 1.807) is 0 Å². The highest BCUT2D eigenvalue weighted by Crippen LogP contribution is 2.27. The molecule has 1 saturated heterocycles. The molecule has 0 bridgehead atoms. The number of pyridine rings is 1. The van der Waals surface area contributed by atoms with Crippen molar-refractivity contribution in [1.82, 2.24) is 10.3 Å². The van der Waals surface area contributed by atoms with Gasteiger partial charge in [-0.05, 0) is 50.4 Å². The molecule has 0 radical (unpaired) electrons.